The summed E-state index contributed by atoms with van der Waals surface area (Å²) in [5.41, 5.74) is 2.14. The SMILES string of the molecule is COc1cc(C2C3=CCC4C(=O)N(c5cccc(B(O)O)c5)C(=O)C4C3CC3=C2C(=O)C=C(Br)C3=O)cc(OC)c1O. The van der Waals surface area contributed by atoms with Crippen LogP contribution >= 0.6 is 15.9 Å². The second-order valence-corrected chi connectivity index (χ2v) is 11.5. The van der Waals surface area contributed by atoms with Crippen molar-refractivity contribution in [3.8, 4) is 17.2 Å². The zero-order chi connectivity index (χ0) is 30.0. The number of methoxy groups -OCH3 is 2. The van der Waals surface area contributed by atoms with Gasteiger partial charge in [-0.05, 0) is 70.0 Å². The Bertz CT molecular complexity index is 1650. The molecule has 3 N–H and O–H groups in total. The van der Waals surface area contributed by atoms with E-state index in [9.17, 15) is 34.3 Å². The second kappa shape index (κ2) is 10.4. The lowest BCUT2D eigenvalue weighted by Crippen LogP contribution is -2.39. The first-order valence-electron chi connectivity index (χ1n) is 13.2. The van der Waals surface area contributed by atoms with Gasteiger partial charge >= 0.3 is 7.12 Å². The molecular weight excluding hydrogens is 609 g/mol. The molecule has 0 radical (unpaired) electrons. The standard InChI is InChI=1S/C30H25BBrNO9/c1-41-22-8-13(9-23(42-2)28(22)36)24-16-6-7-17-25(18(16)11-19-26(24)21(34)12-20(32)27(19)35)30(38)33(29(17)37)15-5-3-4-14(10-15)31(39)40/h3-6,8-10,12,17-18,24-25,36,39-40H,7,11H2,1-2H3. The van der Waals surface area contributed by atoms with E-state index >= 15 is 0 Å². The Hall–Kier alpha value is -4.00. The van der Waals surface area contributed by atoms with Gasteiger partial charge in [-0.3, -0.25) is 24.1 Å². The zero-order valence-electron chi connectivity index (χ0n) is 22.5. The van der Waals surface area contributed by atoms with Crippen molar-refractivity contribution in [2.24, 2.45) is 17.8 Å². The molecule has 0 bridgehead atoms. The average molecular weight is 634 g/mol. The van der Waals surface area contributed by atoms with Gasteiger partial charge in [-0.25, -0.2) is 0 Å². The second-order valence-electron chi connectivity index (χ2n) is 10.6. The van der Waals surface area contributed by atoms with Gasteiger partial charge < -0.3 is 24.6 Å². The Morgan fingerprint density at radius 1 is 0.976 bits per heavy atom. The maximum absolute atomic E-state index is 14.0. The summed E-state index contributed by atoms with van der Waals surface area (Å²) < 4.78 is 10.8. The van der Waals surface area contributed by atoms with Crippen molar-refractivity contribution in [2.75, 3.05) is 19.1 Å². The van der Waals surface area contributed by atoms with Gasteiger partial charge in [0.2, 0.25) is 17.6 Å². The average Bonchev–Trinajstić information content (AvgIpc) is 3.24. The molecule has 0 saturated carbocycles. The summed E-state index contributed by atoms with van der Waals surface area (Å²) in [6.07, 6.45) is 3.43. The number of phenols is 1. The lowest BCUT2D eigenvalue weighted by Gasteiger charge is -2.42. The maximum Gasteiger partial charge on any atom is 0.488 e. The summed E-state index contributed by atoms with van der Waals surface area (Å²) in [6, 6.07) is 9.10. The normalized spacial score (nSPS) is 25.0. The number of hydrogen-bond donors (Lipinski definition) is 3. The Labute approximate surface area is 249 Å². The summed E-state index contributed by atoms with van der Waals surface area (Å²) in [4.78, 5) is 55.7. The number of benzene rings is 2. The van der Waals surface area contributed by atoms with Crippen LogP contribution in [-0.2, 0) is 19.2 Å². The van der Waals surface area contributed by atoms with Gasteiger partial charge in [-0.1, -0.05) is 23.8 Å². The highest BCUT2D eigenvalue weighted by Gasteiger charge is 2.56. The van der Waals surface area contributed by atoms with Crippen molar-refractivity contribution in [3.63, 3.8) is 0 Å². The molecule has 3 aliphatic carbocycles. The number of allylic oxidation sites excluding steroid dienone is 6. The van der Waals surface area contributed by atoms with Crippen LogP contribution in [0.1, 0.15) is 24.3 Å². The van der Waals surface area contributed by atoms with Crippen molar-refractivity contribution in [2.45, 2.75) is 18.8 Å². The Balaban J connectivity index is 1.50. The van der Waals surface area contributed by atoms with Crippen molar-refractivity contribution in [3.05, 3.63) is 75.3 Å². The van der Waals surface area contributed by atoms with Gasteiger partial charge in [0, 0.05) is 23.1 Å². The molecule has 214 valence electrons. The number of carbonyl (C=O) groups is 4. The van der Waals surface area contributed by atoms with Crippen LogP contribution in [-0.4, -0.2) is 59.9 Å². The van der Waals surface area contributed by atoms with E-state index in [2.05, 4.69) is 15.9 Å². The summed E-state index contributed by atoms with van der Waals surface area (Å²) in [5, 5.41) is 29.8. The number of hydrogen-bond acceptors (Lipinski definition) is 9. The molecule has 0 aromatic heterocycles. The number of nitrogens with zero attached hydrogens (tertiary/aromatic N) is 1. The minimum Gasteiger partial charge on any atom is -0.502 e. The molecule has 4 atom stereocenters. The highest BCUT2D eigenvalue weighted by atomic mass is 79.9. The van der Waals surface area contributed by atoms with E-state index in [0.29, 0.717) is 5.56 Å². The van der Waals surface area contributed by atoms with Crippen LogP contribution in [0, 0.1) is 17.8 Å². The lowest BCUT2D eigenvalue weighted by atomic mass is 9.59. The van der Waals surface area contributed by atoms with Crippen LogP contribution < -0.4 is 19.8 Å². The molecule has 2 aromatic rings. The molecule has 1 saturated heterocycles. The van der Waals surface area contributed by atoms with Crippen LogP contribution in [0.4, 0.5) is 5.69 Å². The van der Waals surface area contributed by atoms with Crippen LogP contribution in [0.2, 0.25) is 0 Å². The van der Waals surface area contributed by atoms with Gasteiger partial charge in [-0.2, -0.15) is 0 Å². The molecule has 6 rings (SSSR count). The predicted molar refractivity (Wildman–Crippen MR) is 155 cm³/mol. The highest BCUT2D eigenvalue weighted by Crippen LogP contribution is 2.56. The summed E-state index contributed by atoms with van der Waals surface area (Å²) in [5.74, 6) is -4.46. The zero-order valence-corrected chi connectivity index (χ0v) is 24.1. The van der Waals surface area contributed by atoms with E-state index < -0.39 is 42.6 Å². The predicted octanol–water partition coefficient (Wildman–Crippen LogP) is 2.06. The van der Waals surface area contributed by atoms with E-state index in [1.807, 2.05) is 6.08 Å². The van der Waals surface area contributed by atoms with Crippen molar-refractivity contribution < 1.29 is 43.8 Å². The molecule has 4 aliphatic rings. The highest BCUT2D eigenvalue weighted by molar-refractivity contribution is 9.12. The quantitative estimate of drug-likeness (QED) is 0.195. The fraction of sp³-hybridized carbons (Fsp3) is 0.267. The number of rotatable bonds is 5. The van der Waals surface area contributed by atoms with Crippen molar-refractivity contribution >= 4 is 57.6 Å². The fourth-order valence-corrected chi connectivity index (χ4v) is 7.19. The van der Waals surface area contributed by atoms with Gasteiger partial charge in [-0.15, -0.1) is 0 Å². The summed E-state index contributed by atoms with van der Waals surface area (Å²) in [6.45, 7) is 0. The molecule has 12 heteroatoms. The van der Waals surface area contributed by atoms with Crippen molar-refractivity contribution in [1.82, 2.24) is 0 Å². The van der Waals surface area contributed by atoms with Crippen LogP contribution in [0.3, 0.4) is 0 Å². The molecule has 4 unspecified atom stereocenters. The third-order valence-corrected chi connectivity index (χ3v) is 9.18. The van der Waals surface area contributed by atoms with Gasteiger partial charge in [0.05, 0.1) is 36.2 Å². The van der Waals surface area contributed by atoms with Gasteiger partial charge in [0.15, 0.2) is 23.1 Å². The number of ether oxygens (including phenoxy) is 2. The number of aromatic hydroxyl groups is 1. The van der Waals surface area contributed by atoms with Crippen LogP contribution in [0.5, 0.6) is 17.2 Å². The molecule has 0 spiro atoms. The molecule has 1 aliphatic heterocycles. The molecule has 2 aromatic carbocycles. The van der Waals surface area contributed by atoms with Crippen LogP contribution in [0.25, 0.3) is 0 Å². The Kier molecular flexibility index (Phi) is 6.95. The largest absolute Gasteiger partial charge is 0.502 e. The minimum absolute atomic E-state index is 0.0843. The number of amides is 2. The first-order chi connectivity index (χ1) is 20.1. The number of ketones is 2. The van der Waals surface area contributed by atoms with E-state index in [0.717, 1.165) is 10.5 Å². The molecule has 1 heterocycles. The minimum atomic E-state index is -1.78. The monoisotopic (exact) mass is 633 g/mol. The number of anilines is 1. The summed E-state index contributed by atoms with van der Waals surface area (Å²) >= 11 is 3.21. The number of imide groups is 1. The number of phenolic OH excluding ortho intramolecular Hbond substituents is 1. The number of Topliss-reactive ketones (excluding diaryl/α,β-unsaturated/α-hetero) is 1. The Morgan fingerprint density at radius 2 is 1.67 bits per heavy atom. The van der Waals surface area contributed by atoms with E-state index in [1.165, 1.54) is 38.5 Å². The smallest absolute Gasteiger partial charge is 0.488 e. The number of halogens is 1. The number of carbonyl (C=O) groups excluding carboxylic acids is 4. The molecule has 2 amide bonds. The fourth-order valence-electron chi connectivity index (χ4n) is 6.75. The molecular formula is C30H25BBrNO9. The first-order valence-corrected chi connectivity index (χ1v) is 14.0. The third-order valence-electron chi connectivity index (χ3n) is 8.59. The summed E-state index contributed by atoms with van der Waals surface area (Å²) in [7, 11) is 0.987. The lowest BCUT2D eigenvalue weighted by molar-refractivity contribution is -0.123. The topological polar surface area (TPSA) is 151 Å². The van der Waals surface area contributed by atoms with Gasteiger partial charge in [0.25, 0.3) is 0 Å². The van der Waals surface area contributed by atoms with Crippen LogP contribution in [0.15, 0.2) is 69.8 Å². The molecule has 1 fully saturated rings. The maximum atomic E-state index is 14.0. The first kappa shape index (κ1) is 28.1. The van der Waals surface area contributed by atoms with Gasteiger partial charge in [0.1, 0.15) is 0 Å². The van der Waals surface area contributed by atoms with E-state index in [-0.39, 0.29) is 68.4 Å². The third kappa shape index (κ3) is 4.16. The Morgan fingerprint density at radius 3 is 2.31 bits per heavy atom. The number of fused-ring (bicyclic) bond motifs is 3. The van der Waals surface area contributed by atoms with E-state index in [4.69, 9.17) is 9.47 Å². The van der Waals surface area contributed by atoms with E-state index in [1.54, 1.807) is 18.2 Å². The van der Waals surface area contributed by atoms with Crippen molar-refractivity contribution in [1.29, 1.82) is 0 Å². The molecule has 10 nitrogen and oxygen atoms in total. The molecule has 42 heavy (non-hydrogen) atoms.